The van der Waals surface area contributed by atoms with Crippen molar-refractivity contribution in [2.45, 2.75) is 32.2 Å². The molecule has 0 atom stereocenters. The van der Waals surface area contributed by atoms with E-state index in [0.29, 0.717) is 5.89 Å². The lowest BCUT2D eigenvalue weighted by atomic mass is 10.2. The molecule has 0 amide bonds. The molecule has 0 bridgehead atoms. The van der Waals surface area contributed by atoms with Gasteiger partial charge in [0.25, 0.3) is 0 Å². The van der Waals surface area contributed by atoms with Crippen LogP contribution in [0.25, 0.3) is 0 Å². The van der Waals surface area contributed by atoms with Crippen molar-refractivity contribution in [3.63, 3.8) is 0 Å². The Morgan fingerprint density at radius 1 is 1.45 bits per heavy atom. The Balaban J connectivity index is 2.44. The average molecular weight is 152 g/mol. The molecular weight excluding hydrogens is 140 g/mol. The first-order chi connectivity index (χ1) is 5.12. The topological polar surface area (TPSA) is 52.0 Å². The lowest BCUT2D eigenvalue weighted by Gasteiger charge is -2.02. The Morgan fingerprint density at radius 3 is 2.45 bits per heavy atom. The van der Waals surface area contributed by atoms with E-state index in [-0.39, 0.29) is 5.54 Å². The number of rotatable bonds is 1. The molecule has 0 spiro atoms. The monoisotopic (exact) mass is 152 g/mol. The third-order valence-electron chi connectivity index (χ3n) is 2.14. The molecule has 1 aliphatic carbocycles. The van der Waals surface area contributed by atoms with E-state index in [1.54, 1.807) is 0 Å². The Labute approximate surface area is 65.6 Å². The van der Waals surface area contributed by atoms with Crippen molar-refractivity contribution in [3.8, 4) is 0 Å². The molecule has 2 rings (SSSR count). The number of nitrogens with two attached hydrogens (primary N) is 1. The molecule has 2 N–H and O–H groups in total. The third-order valence-corrected chi connectivity index (χ3v) is 2.14. The fraction of sp³-hybridized carbons (Fsp3) is 0.625. The van der Waals surface area contributed by atoms with Crippen LogP contribution in [0, 0.1) is 13.8 Å². The molecule has 0 aromatic carbocycles. The van der Waals surface area contributed by atoms with E-state index >= 15 is 0 Å². The minimum absolute atomic E-state index is 0.175. The van der Waals surface area contributed by atoms with Crippen molar-refractivity contribution in [1.82, 2.24) is 4.98 Å². The van der Waals surface area contributed by atoms with Crippen LogP contribution in [0.5, 0.6) is 0 Å². The molecule has 0 unspecified atom stereocenters. The van der Waals surface area contributed by atoms with Gasteiger partial charge in [-0.25, -0.2) is 4.98 Å². The average Bonchev–Trinajstić information content (AvgIpc) is 2.55. The highest BCUT2D eigenvalue weighted by Gasteiger charge is 2.44. The fourth-order valence-corrected chi connectivity index (χ4v) is 1.35. The summed E-state index contributed by atoms with van der Waals surface area (Å²) in [6, 6.07) is 0. The highest BCUT2D eigenvalue weighted by atomic mass is 16.4. The maximum atomic E-state index is 5.95. The zero-order chi connectivity index (χ0) is 8.06. The van der Waals surface area contributed by atoms with Crippen LogP contribution in [0.2, 0.25) is 0 Å². The zero-order valence-electron chi connectivity index (χ0n) is 6.85. The van der Waals surface area contributed by atoms with Gasteiger partial charge in [-0.05, 0) is 19.8 Å². The van der Waals surface area contributed by atoms with Gasteiger partial charge in [0.2, 0.25) is 0 Å². The number of aryl methyl sites for hydroxylation is 2. The largest absolute Gasteiger partial charge is 0.444 e. The molecule has 3 heteroatoms. The molecule has 60 valence electrons. The predicted molar refractivity (Wildman–Crippen MR) is 41.1 cm³/mol. The second kappa shape index (κ2) is 1.85. The van der Waals surface area contributed by atoms with Gasteiger partial charge in [0.1, 0.15) is 5.76 Å². The lowest BCUT2D eigenvalue weighted by Crippen LogP contribution is -2.18. The summed E-state index contributed by atoms with van der Waals surface area (Å²) in [4.78, 5) is 4.17. The summed E-state index contributed by atoms with van der Waals surface area (Å²) in [7, 11) is 0. The molecule has 3 nitrogen and oxygen atoms in total. The van der Waals surface area contributed by atoms with Gasteiger partial charge in [-0.15, -0.1) is 0 Å². The SMILES string of the molecule is Cc1nc(C)c(C2(N)CC2)o1. The first kappa shape index (κ1) is 6.85. The van der Waals surface area contributed by atoms with Crippen LogP contribution in [0.3, 0.4) is 0 Å². The van der Waals surface area contributed by atoms with Gasteiger partial charge < -0.3 is 10.2 Å². The van der Waals surface area contributed by atoms with Crippen molar-refractivity contribution in [1.29, 1.82) is 0 Å². The van der Waals surface area contributed by atoms with Crippen molar-refractivity contribution >= 4 is 0 Å². The highest BCUT2D eigenvalue weighted by Crippen LogP contribution is 2.44. The fourth-order valence-electron chi connectivity index (χ4n) is 1.35. The van der Waals surface area contributed by atoms with Gasteiger partial charge in [0, 0.05) is 6.92 Å². The van der Waals surface area contributed by atoms with Gasteiger partial charge in [-0.2, -0.15) is 0 Å². The number of oxazole rings is 1. The van der Waals surface area contributed by atoms with Gasteiger partial charge >= 0.3 is 0 Å². The summed E-state index contributed by atoms with van der Waals surface area (Å²) in [5.74, 6) is 1.60. The Bertz CT molecular complexity index is 286. The molecule has 1 aliphatic rings. The third kappa shape index (κ3) is 0.959. The summed E-state index contributed by atoms with van der Waals surface area (Å²) < 4.78 is 5.41. The van der Waals surface area contributed by atoms with E-state index in [2.05, 4.69) is 4.98 Å². The molecular formula is C8H12N2O. The summed E-state index contributed by atoms with van der Waals surface area (Å²) in [5, 5.41) is 0. The smallest absolute Gasteiger partial charge is 0.191 e. The minimum Gasteiger partial charge on any atom is -0.444 e. The van der Waals surface area contributed by atoms with E-state index in [4.69, 9.17) is 10.2 Å². The van der Waals surface area contributed by atoms with E-state index in [1.807, 2.05) is 13.8 Å². The number of hydrogen-bond acceptors (Lipinski definition) is 3. The molecule has 1 heterocycles. The predicted octanol–water partition coefficient (Wildman–Crippen LogP) is 1.24. The molecule has 1 saturated carbocycles. The Hall–Kier alpha value is -0.830. The lowest BCUT2D eigenvalue weighted by molar-refractivity contribution is 0.430. The number of hydrogen-bond donors (Lipinski definition) is 1. The molecule has 1 fully saturated rings. The quantitative estimate of drug-likeness (QED) is 0.658. The van der Waals surface area contributed by atoms with Gasteiger partial charge in [-0.1, -0.05) is 0 Å². The first-order valence-electron chi connectivity index (χ1n) is 3.85. The maximum absolute atomic E-state index is 5.95. The molecule has 0 radical (unpaired) electrons. The van der Waals surface area contributed by atoms with E-state index in [9.17, 15) is 0 Å². The normalized spacial score (nSPS) is 20.3. The van der Waals surface area contributed by atoms with Crippen LogP contribution in [-0.2, 0) is 5.54 Å². The van der Waals surface area contributed by atoms with Gasteiger partial charge in [0.05, 0.1) is 11.2 Å². The zero-order valence-corrected chi connectivity index (χ0v) is 6.85. The van der Waals surface area contributed by atoms with Gasteiger partial charge in [-0.3, -0.25) is 0 Å². The van der Waals surface area contributed by atoms with Crippen molar-refractivity contribution in [2.24, 2.45) is 5.73 Å². The van der Waals surface area contributed by atoms with E-state index in [1.165, 1.54) is 0 Å². The number of aromatic nitrogens is 1. The summed E-state index contributed by atoms with van der Waals surface area (Å²) in [5.41, 5.74) is 6.72. The van der Waals surface area contributed by atoms with Crippen molar-refractivity contribution < 1.29 is 4.42 Å². The van der Waals surface area contributed by atoms with Crippen molar-refractivity contribution in [3.05, 3.63) is 17.3 Å². The standard InChI is InChI=1S/C8H12N2O/c1-5-7(8(9)3-4-8)11-6(2)10-5/h3-4,9H2,1-2H3. The Morgan fingerprint density at radius 2 is 2.09 bits per heavy atom. The second-order valence-corrected chi connectivity index (χ2v) is 3.30. The molecule has 0 saturated heterocycles. The first-order valence-corrected chi connectivity index (χ1v) is 3.85. The maximum Gasteiger partial charge on any atom is 0.191 e. The van der Waals surface area contributed by atoms with Crippen LogP contribution >= 0.6 is 0 Å². The van der Waals surface area contributed by atoms with Crippen LogP contribution < -0.4 is 5.73 Å². The molecule has 1 aromatic heterocycles. The highest BCUT2D eigenvalue weighted by molar-refractivity contribution is 5.23. The van der Waals surface area contributed by atoms with Crippen LogP contribution in [0.15, 0.2) is 4.42 Å². The van der Waals surface area contributed by atoms with Crippen LogP contribution in [0.1, 0.15) is 30.2 Å². The van der Waals surface area contributed by atoms with E-state index in [0.717, 1.165) is 24.3 Å². The van der Waals surface area contributed by atoms with Crippen LogP contribution in [0.4, 0.5) is 0 Å². The second-order valence-electron chi connectivity index (χ2n) is 3.30. The molecule has 1 aromatic rings. The summed E-state index contributed by atoms with van der Waals surface area (Å²) >= 11 is 0. The van der Waals surface area contributed by atoms with Crippen molar-refractivity contribution in [2.75, 3.05) is 0 Å². The molecule has 11 heavy (non-hydrogen) atoms. The van der Waals surface area contributed by atoms with E-state index < -0.39 is 0 Å². The number of nitrogens with zero attached hydrogens (tertiary/aromatic N) is 1. The minimum atomic E-state index is -0.175. The van der Waals surface area contributed by atoms with Gasteiger partial charge in [0.15, 0.2) is 5.89 Å². The summed E-state index contributed by atoms with van der Waals surface area (Å²) in [6.07, 6.45) is 2.06. The summed E-state index contributed by atoms with van der Waals surface area (Å²) in [6.45, 7) is 3.79. The molecule has 0 aliphatic heterocycles. The Kier molecular flexibility index (Phi) is 1.16. The van der Waals surface area contributed by atoms with Crippen LogP contribution in [-0.4, -0.2) is 4.98 Å².